The van der Waals surface area contributed by atoms with Gasteiger partial charge in [-0.05, 0) is 66.8 Å². The van der Waals surface area contributed by atoms with Crippen molar-refractivity contribution in [1.29, 1.82) is 0 Å². The number of alkyl halides is 1. The highest BCUT2D eigenvalue weighted by molar-refractivity contribution is 7.12. The van der Waals surface area contributed by atoms with Crippen molar-refractivity contribution in [3.8, 4) is 0 Å². The Hall–Kier alpha value is -0.790. The number of benzene rings is 1. The van der Waals surface area contributed by atoms with Gasteiger partial charge in [-0.3, -0.25) is 0 Å². The molecule has 2 aromatic rings. The van der Waals surface area contributed by atoms with Crippen LogP contribution in [0.5, 0.6) is 0 Å². The van der Waals surface area contributed by atoms with Crippen LogP contribution in [0.1, 0.15) is 64.1 Å². The van der Waals surface area contributed by atoms with Crippen LogP contribution < -0.4 is 0 Å². The minimum atomic E-state index is 0.0158. The molecule has 21 heavy (non-hydrogen) atoms. The number of halogens is 1. The summed E-state index contributed by atoms with van der Waals surface area (Å²) in [6.07, 6.45) is 7.28. The van der Waals surface area contributed by atoms with Crippen LogP contribution in [-0.4, -0.2) is 0 Å². The molecule has 2 heteroatoms. The second-order valence-electron chi connectivity index (χ2n) is 5.91. The van der Waals surface area contributed by atoms with Crippen molar-refractivity contribution in [3.63, 3.8) is 0 Å². The number of rotatable bonds is 4. The van der Waals surface area contributed by atoms with E-state index in [9.17, 15) is 0 Å². The lowest BCUT2D eigenvalue weighted by atomic mass is 9.96. The summed E-state index contributed by atoms with van der Waals surface area (Å²) in [4.78, 5) is 2.91. The van der Waals surface area contributed by atoms with Crippen LogP contribution in [0.2, 0.25) is 0 Å². The van der Waals surface area contributed by atoms with Crippen molar-refractivity contribution >= 4 is 22.9 Å². The Morgan fingerprint density at radius 1 is 1.10 bits per heavy atom. The molecule has 0 aliphatic heterocycles. The monoisotopic (exact) mass is 318 g/mol. The highest BCUT2D eigenvalue weighted by atomic mass is 35.5. The third-order valence-electron chi connectivity index (χ3n) is 4.54. The van der Waals surface area contributed by atoms with Crippen molar-refractivity contribution in [3.05, 3.63) is 56.3 Å². The van der Waals surface area contributed by atoms with Crippen LogP contribution in [0.25, 0.3) is 0 Å². The number of hydrogen-bond acceptors (Lipinski definition) is 1. The first-order chi connectivity index (χ1) is 10.2. The normalized spacial score (nSPS) is 15.8. The lowest BCUT2D eigenvalue weighted by Gasteiger charge is -2.14. The molecular formula is C19H23ClS. The van der Waals surface area contributed by atoms with Gasteiger partial charge in [0.1, 0.15) is 0 Å². The van der Waals surface area contributed by atoms with E-state index in [1.54, 1.807) is 10.4 Å². The van der Waals surface area contributed by atoms with E-state index in [2.05, 4.69) is 38.1 Å². The van der Waals surface area contributed by atoms with Crippen molar-refractivity contribution in [2.24, 2.45) is 0 Å². The Labute approximate surface area is 137 Å². The molecule has 1 aliphatic rings. The summed E-state index contributed by atoms with van der Waals surface area (Å²) in [6, 6.07) is 9.19. The fraction of sp³-hybridized carbons (Fsp3) is 0.474. The predicted molar refractivity (Wildman–Crippen MR) is 93.9 cm³/mol. The molecule has 112 valence electrons. The van der Waals surface area contributed by atoms with Crippen LogP contribution in [0.3, 0.4) is 0 Å². The largest absolute Gasteiger partial charge is 0.143 e. The van der Waals surface area contributed by atoms with Gasteiger partial charge < -0.3 is 0 Å². The molecule has 0 saturated heterocycles. The first-order valence-corrected chi connectivity index (χ1v) is 9.35. The number of fused-ring (bicyclic) bond motifs is 1. The van der Waals surface area contributed by atoms with Gasteiger partial charge in [0.15, 0.2) is 0 Å². The molecular weight excluding hydrogens is 296 g/mol. The second kappa shape index (κ2) is 6.54. The van der Waals surface area contributed by atoms with Gasteiger partial charge in [-0.1, -0.05) is 32.0 Å². The lowest BCUT2D eigenvalue weighted by Crippen LogP contribution is -1.98. The molecule has 3 rings (SSSR count). The number of aryl methyl sites for hydroxylation is 4. The summed E-state index contributed by atoms with van der Waals surface area (Å²) in [6.45, 7) is 4.42. The average Bonchev–Trinajstić information content (AvgIpc) is 2.97. The lowest BCUT2D eigenvalue weighted by molar-refractivity contribution is 0.697. The minimum Gasteiger partial charge on any atom is -0.143 e. The molecule has 0 amide bonds. The summed E-state index contributed by atoms with van der Waals surface area (Å²) < 4.78 is 0. The van der Waals surface area contributed by atoms with E-state index in [1.807, 2.05) is 11.3 Å². The zero-order valence-corrected chi connectivity index (χ0v) is 14.5. The third kappa shape index (κ3) is 3.05. The van der Waals surface area contributed by atoms with Gasteiger partial charge in [-0.2, -0.15) is 0 Å². The molecule has 0 N–H and O–H groups in total. The van der Waals surface area contributed by atoms with Gasteiger partial charge in [-0.15, -0.1) is 22.9 Å². The number of hydrogen-bond donors (Lipinski definition) is 0. The van der Waals surface area contributed by atoms with Crippen molar-refractivity contribution < 1.29 is 0 Å². The van der Waals surface area contributed by atoms with Crippen LogP contribution in [0.15, 0.2) is 24.3 Å². The van der Waals surface area contributed by atoms with Crippen molar-refractivity contribution in [1.82, 2.24) is 0 Å². The summed E-state index contributed by atoms with van der Waals surface area (Å²) in [5.41, 5.74) is 5.64. The van der Waals surface area contributed by atoms with E-state index < -0.39 is 0 Å². The summed E-state index contributed by atoms with van der Waals surface area (Å²) in [5, 5.41) is 0.0158. The Morgan fingerprint density at radius 3 is 2.62 bits per heavy atom. The van der Waals surface area contributed by atoms with Gasteiger partial charge in [0.2, 0.25) is 0 Å². The first kappa shape index (κ1) is 15.1. The quantitative estimate of drug-likeness (QED) is 0.599. The van der Waals surface area contributed by atoms with Gasteiger partial charge in [0, 0.05) is 9.75 Å². The maximum Gasteiger partial charge on any atom is 0.0930 e. The van der Waals surface area contributed by atoms with Gasteiger partial charge in [0.05, 0.1) is 5.38 Å². The van der Waals surface area contributed by atoms with Crippen LogP contribution >= 0.6 is 22.9 Å². The molecule has 0 nitrogen and oxygen atoms in total. The highest BCUT2D eigenvalue weighted by Crippen LogP contribution is 2.39. The van der Waals surface area contributed by atoms with Crippen molar-refractivity contribution in [2.45, 2.75) is 57.7 Å². The zero-order valence-electron chi connectivity index (χ0n) is 12.9. The summed E-state index contributed by atoms with van der Waals surface area (Å²) in [5.74, 6) is 0. The Bertz CT molecular complexity index is 603. The summed E-state index contributed by atoms with van der Waals surface area (Å²) >= 11 is 8.81. The van der Waals surface area contributed by atoms with Crippen molar-refractivity contribution in [2.75, 3.05) is 0 Å². The Morgan fingerprint density at radius 2 is 1.90 bits per heavy atom. The van der Waals surface area contributed by atoms with Gasteiger partial charge in [0.25, 0.3) is 0 Å². The Balaban J connectivity index is 1.97. The molecule has 0 saturated carbocycles. The van der Waals surface area contributed by atoms with Crippen LogP contribution in [0, 0.1) is 0 Å². The summed E-state index contributed by atoms with van der Waals surface area (Å²) in [7, 11) is 0. The second-order valence-corrected chi connectivity index (χ2v) is 7.51. The number of thiophene rings is 1. The van der Waals surface area contributed by atoms with Gasteiger partial charge >= 0.3 is 0 Å². The fourth-order valence-corrected chi connectivity index (χ4v) is 4.87. The van der Waals surface area contributed by atoms with E-state index in [1.165, 1.54) is 47.3 Å². The maximum absolute atomic E-state index is 6.87. The molecule has 0 radical (unpaired) electrons. The van der Waals surface area contributed by atoms with E-state index in [-0.39, 0.29) is 5.38 Å². The molecule has 0 bridgehead atoms. The van der Waals surface area contributed by atoms with Gasteiger partial charge in [-0.25, -0.2) is 0 Å². The molecule has 1 atom stereocenters. The van der Waals surface area contributed by atoms with E-state index in [0.29, 0.717) is 0 Å². The third-order valence-corrected chi connectivity index (χ3v) is 6.44. The Kier molecular flexibility index (Phi) is 4.71. The van der Waals surface area contributed by atoms with Crippen LogP contribution in [-0.2, 0) is 25.7 Å². The molecule has 1 aromatic heterocycles. The average molecular weight is 319 g/mol. The van der Waals surface area contributed by atoms with Crippen LogP contribution in [0.4, 0.5) is 0 Å². The topological polar surface area (TPSA) is 0 Å². The van der Waals surface area contributed by atoms with E-state index in [0.717, 1.165) is 12.8 Å². The fourth-order valence-electron chi connectivity index (χ4n) is 3.21. The SMILES string of the molecule is CCc1ccc(CC)c(C(Cl)c2cc3c(s2)CCCC3)c1. The molecule has 1 aliphatic carbocycles. The van der Waals surface area contributed by atoms with E-state index >= 15 is 0 Å². The molecule has 0 fully saturated rings. The zero-order chi connectivity index (χ0) is 14.8. The van der Waals surface area contributed by atoms with E-state index in [4.69, 9.17) is 11.6 Å². The molecule has 0 spiro atoms. The first-order valence-electron chi connectivity index (χ1n) is 8.10. The standard InChI is InChI=1S/C19H23ClS/c1-3-13-9-10-14(4-2)16(11-13)19(20)18-12-15-7-5-6-8-17(15)21-18/h9-12,19H,3-8H2,1-2H3. The molecule has 1 heterocycles. The smallest absolute Gasteiger partial charge is 0.0930 e. The molecule has 1 unspecified atom stereocenters. The highest BCUT2D eigenvalue weighted by Gasteiger charge is 2.20. The minimum absolute atomic E-state index is 0.0158. The predicted octanol–water partition coefficient (Wildman–Crippen LogP) is 6.08. The molecule has 1 aromatic carbocycles. The maximum atomic E-state index is 6.87.